The molecule has 1 saturated heterocycles. The molecule has 1 heterocycles. The van der Waals surface area contributed by atoms with E-state index in [1.807, 2.05) is 12.1 Å². The Morgan fingerprint density at radius 2 is 1.90 bits per heavy atom. The summed E-state index contributed by atoms with van der Waals surface area (Å²) in [6, 6.07) is 20.3. The first-order chi connectivity index (χ1) is 14.7. The summed E-state index contributed by atoms with van der Waals surface area (Å²) in [5.74, 6) is 1.30. The van der Waals surface area contributed by atoms with Crippen LogP contribution in [0, 0.1) is 5.92 Å². The second-order valence-corrected chi connectivity index (χ2v) is 7.77. The van der Waals surface area contributed by atoms with E-state index in [9.17, 15) is 4.79 Å². The Labute approximate surface area is 177 Å². The third-order valence-corrected chi connectivity index (χ3v) is 5.81. The van der Waals surface area contributed by atoms with E-state index in [1.54, 1.807) is 20.3 Å². The van der Waals surface area contributed by atoms with Gasteiger partial charge in [-0.25, -0.2) is 0 Å². The van der Waals surface area contributed by atoms with Crippen molar-refractivity contribution < 1.29 is 14.3 Å². The summed E-state index contributed by atoms with van der Waals surface area (Å²) in [7, 11) is 3.21. The zero-order valence-electron chi connectivity index (χ0n) is 17.6. The Kier molecular flexibility index (Phi) is 6.19. The molecule has 1 atom stereocenters. The van der Waals surface area contributed by atoms with Crippen LogP contribution < -0.4 is 14.8 Å². The zero-order chi connectivity index (χ0) is 20.9. The van der Waals surface area contributed by atoms with Crippen molar-refractivity contribution in [3.63, 3.8) is 0 Å². The van der Waals surface area contributed by atoms with Gasteiger partial charge in [-0.3, -0.25) is 9.69 Å². The molecule has 1 fully saturated rings. The Balaban J connectivity index is 1.45. The number of hydrogen-bond acceptors (Lipinski definition) is 4. The van der Waals surface area contributed by atoms with Gasteiger partial charge in [0.1, 0.15) is 11.5 Å². The van der Waals surface area contributed by atoms with Crippen molar-refractivity contribution in [2.24, 2.45) is 5.92 Å². The lowest BCUT2D eigenvalue weighted by atomic mass is 9.96. The second-order valence-electron chi connectivity index (χ2n) is 7.77. The molecule has 3 aromatic carbocycles. The van der Waals surface area contributed by atoms with Crippen LogP contribution in [0.5, 0.6) is 11.5 Å². The number of carbonyl (C=O) groups excluding carboxylic acids is 1. The average molecular weight is 405 g/mol. The first-order valence-corrected chi connectivity index (χ1v) is 10.4. The number of methoxy groups -OCH3 is 2. The maximum absolute atomic E-state index is 13.0. The van der Waals surface area contributed by atoms with Crippen LogP contribution in [-0.4, -0.2) is 38.1 Å². The summed E-state index contributed by atoms with van der Waals surface area (Å²) >= 11 is 0. The summed E-state index contributed by atoms with van der Waals surface area (Å²) < 4.78 is 10.7. The second kappa shape index (κ2) is 9.18. The quantitative estimate of drug-likeness (QED) is 0.647. The number of likely N-dealkylation sites (tertiary alicyclic amines) is 1. The number of hydrogen-bond donors (Lipinski definition) is 1. The molecule has 0 spiro atoms. The van der Waals surface area contributed by atoms with Gasteiger partial charge in [-0.15, -0.1) is 0 Å². The highest BCUT2D eigenvalue weighted by molar-refractivity contribution is 5.94. The van der Waals surface area contributed by atoms with Gasteiger partial charge in [0.05, 0.1) is 25.8 Å². The number of anilines is 1. The monoisotopic (exact) mass is 404 g/mol. The molecule has 1 aliphatic rings. The fraction of sp³-hybridized carbons (Fsp3) is 0.320. The number of amides is 1. The predicted molar refractivity (Wildman–Crippen MR) is 120 cm³/mol. The van der Waals surface area contributed by atoms with Gasteiger partial charge in [-0.2, -0.15) is 0 Å². The highest BCUT2D eigenvalue weighted by atomic mass is 16.5. The largest absolute Gasteiger partial charge is 0.497 e. The smallest absolute Gasteiger partial charge is 0.228 e. The van der Waals surface area contributed by atoms with Gasteiger partial charge in [0.15, 0.2) is 0 Å². The molecule has 5 heteroatoms. The molecular weight excluding hydrogens is 376 g/mol. The number of ether oxygens (including phenoxy) is 2. The molecule has 156 valence electrons. The number of nitrogens with one attached hydrogen (secondary N) is 1. The molecule has 0 radical (unpaired) electrons. The Morgan fingerprint density at radius 3 is 2.73 bits per heavy atom. The van der Waals surface area contributed by atoms with Crippen molar-refractivity contribution in [2.75, 3.05) is 32.6 Å². The summed E-state index contributed by atoms with van der Waals surface area (Å²) in [6.07, 6.45) is 1.91. The van der Waals surface area contributed by atoms with Crippen LogP contribution in [0.15, 0.2) is 60.7 Å². The van der Waals surface area contributed by atoms with Crippen LogP contribution in [-0.2, 0) is 11.3 Å². The minimum Gasteiger partial charge on any atom is -0.497 e. The molecule has 0 bridgehead atoms. The molecule has 4 rings (SSSR count). The fourth-order valence-corrected chi connectivity index (χ4v) is 4.23. The number of benzene rings is 3. The maximum atomic E-state index is 13.0. The summed E-state index contributed by atoms with van der Waals surface area (Å²) in [5, 5.41) is 5.59. The lowest BCUT2D eigenvalue weighted by Crippen LogP contribution is -2.40. The highest BCUT2D eigenvalue weighted by Crippen LogP contribution is 2.30. The van der Waals surface area contributed by atoms with Gasteiger partial charge >= 0.3 is 0 Å². The van der Waals surface area contributed by atoms with Crippen molar-refractivity contribution in [1.29, 1.82) is 0 Å². The molecule has 1 amide bonds. The Hall–Kier alpha value is -3.05. The SMILES string of the molecule is COc1ccc(OC)c(NC(=O)C2CCCN(Cc3cccc4ccccc34)C2)c1. The van der Waals surface area contributed by atoms with E-state index in [0.717, 1.165) is 32.5 Å². The molecule has 1 unspecified atom stereocenters. The van der Waals surface area contributed by atoms with Crippen LogP contribution >= 0.6 is 0 Å². The molecule has 1 aliphatic heterocycles. The van der Waals surface area contributed by atoms with Crippen molar-refractivity contribution in [3.05, 3.63) is 66.2 Å². The van der Waals surface area contributed by atoms with Crippen molar-refractivity contribution >= 4 is 22.4 Å². The molecule has 0 aromatic heterocycles. The van der Waals surface area contributed by atoms with E-state index >= 15 is 0 Å². The lowest BCUT2D eigenvalue weighted by Gasteiger charge is -2.32. The van der Waals surface area contributed by atoms with E-state index in [1.165, 1.54) is 16.3 Å². The van der Waals surface area contributed by atoms with Gasteiger partial charge in [0.25, 0.3) is 0 Å². The van der Waals surface area contributed by atoms with Gasteiger partial charge in [0, 0.05) is 19.2 Å². The summed E-state index contributed by atoms with van der Waals surface area (Å²) in [6.45, 7) is 2.62. The van der Waals surface area contributed by atoms with Crippen molar-refractivity contribution in [3.8, 4) is 11.5 Å². The number of rotatable bonds is 6. The van der Waals surface area contributed by atoms with Gasteiger partial charge in [-0.1, -0.05) is 42.5 Å². The zero-order valence-corrected chi connectivity index (χ0v) is 17.6. The number of piperidine rings is 1. The highest BCUT2D eigenvalue weighted by Gasteiger charge is 2.26. The summed E-state index contributed by atoms with van der Waals surface area (Å²) in [4.78, 5) is 15.4. The van der Waals surface area contributed by atoms with Gasteiger partial charge in [0.2, 0.25) is 5.91 Å². The van der Waals surface area contributed by atoms with E-state index < -0.39 is 0 Å². The summed E-state index contributed by atoms with van der Waals surface area (Å²) in [5.41, 5.74) is 1.96. The van der Waals surface area contributed by atoms with Crippen LogP contribution in [0.4, 0.5) is 5.69 Å². The predicted octanol–water partition coefficient (Wildman–Crippen LogP) is 4.71. The number of nitrogens with zero attached hydrogens (tertiary/aromatic N) is 1. The third kappa shape index (κ3) is 4.41. The topological polar surface area (TPSA) is 50.8 Å². The molecule has 3 aromatic rings. The molecule has 0 saturated carbocycles. The molecule has 1 N–H and O–H groups in total. The van der Waals surface area contributed by atoms with Gasteiger partial charge < -0.3 is 14.8 Å². The van der Waals surface area contributed by atoms with Crippen LogP contribution in [0.25, 0.3) is 10.8 Å². The molecule has 0 aliphatic carbocycles. The van der Waals surface area contributed by atoms with E-state index in [0.29, 0.717) is 17.2 Å². The number of fused-ring (bicyclic) bond motifs is 1. The minimum atomic E-state index is -0.0513. The van der Waals surface area contributed by atoms with Gasteiger partial charge in [-0.05, 0) is 47.9 Å². The van der Waals surface area contributed by atoms with E-state index in [4.69, 9.17) is 9.47 Å². The average Bonchev–Trinajstić information content (AvgIpc) is 2.79. The normalized spacial score (nSPS) is 16.9. The molecular formula is C25H28N2O3. The Morgan fingerprint density at radius 1 is 1.07 bits per heavy atom. The first-order valence-electron chi connectivity index (χ1n) is 10.4. The van der Waals surface area contributed by atoms with Crippen LogP contribution in [0.3, 0.4) is 0 Å². The van der Waals surface area contributed by atoms with E-state index in [-0.39, 0.29) is 11.8 Å². The fourth-order valence-electron chi connectivity index (χ4n) is 4.23. The third-order valence-electron chi connectivity index (χ3n) is 5.81. The maximum Gasteiger partial charge on any atom is 0.228 e. The Bertz CT molecular complexity index is 1030. The van der Waals surface area contributed by atoms with E-state index in [2.05, 4.69) is 52.7 Å². The van der Waals surface area contributed by atoms with Crippen molar-refractivity contribution in [1.82, 2.24) is 4.90 Å². The lowest BCUT2D eigenvalue weighted by molar-refractivity contribution is -0.121. The minimum absolute atomic E-state index is 0.0316. The number of carbonyl (C=O) groups is 1. The first kappa shape index (κ1) is 20.2. The van der Waals surface area contributed by atoms with Crippen LogP contribution in [0.1, 0.15) is 18.4 Å². The molecule has 30 heavy (non-hydrogen) atoms. The molecule has 5 nitrogen and oxygen atoms in total. The van der Waals surface area contributed by atoms with Crippen molar-refractivity contribution in [2.45, 2.75) is 19.4 Å². The standard InChI is InChI=1S/C25H28N2O3/c1-29-21-12-13-24(30-2)23(15-21)26-25(28)20-10-6-14-27(17-20)16-19-9-5-8-18-7-3-4-11-22(18)19/h3-5,7-9,11-13,15,20H,6,10,14,16-17H2,1-2H3,(H,26,28). The van der Waals surface area contributed by atoms with Crippen LogP contribution in [0.2, 0.25) is 0 Å².